The maximum absolute atomic E-state index is 5.89. The van der Waals surface area contributed by atoms with Gasteiger partial charge in [0.1, 0.15) is 0 Å². The molecule has 0 fully saturated rings. The molecule has 4 heteroatoms. The second-order valence-corrected chi connectivity index (χ2v) is 6.10. The molecule has 0 amide bonds. The Morgan fingerprint density at radius 3 is 2.41 bits per heavy atom. The fourth-order valence-corrected chi connectivity index (χ4v) is 2.73. The van der Waals surface area contributed by atoms with Crippen LogP contribution in [-0.4, -0.2) is 0 Å². The van der Waals surface area contributed by atoms with Crippen molar-refractivity contribution in [2.45, 2.75) is 19.5 Å². The van der Waals surface area contributed by atoms with Crippen LogP contribution in [0.5, 0.6) is 0 Å². The minimum atomic E-state index is 0.299. The van der Waals surface area contributed by atoms with Crippen LogP contribution in [0.3, 0.4) is 0 Å². The Kier molecular flexibility index (Phi) is 4.46. The summed E-state index contributed by atoms with van der Waals surface area (Å²) in [6.45, 7) is 2.97. The van der Waals surface area contributed by atoms with Crippen molar-refractivity contribution in [3.63, 3.8) is 0 Å². The largest absolute Gasteiger partial charge is 0.305 e. The predicted molar refractivity (Wildman–Crippen MR) is 76.0 cm³/mol. The Morgan fingerprint density at radius 1 is 1.12 bits per heavy atom. The van der Waals surface area contributed by atoms with Gasteiger partial charge in [-0.1, -0.05) is 35.3 Å². The van der Waals surface area contributed by atoms with E-state index in [0.717, 1.165) is 15.9 Å². The third kappa shape index (κ3) is 3.71. The average Bonchev–Trinajstić information content (AvgIpc) is 2.73. The molecule has 2 rings (SSSR count). The molecule has 0 aliphatic rings. The van der Waals surface area contributed by atoms with Crippen molar-refractivity contribution in [3.05, 3.63) is 56.2 Å². The first kappa shape index (κ1) is 12.9. The fraction of sp³-hybridized carbons (Fsp3) is 0.231. The van der Waals surface area contributed by atoms with E-state index in [4.69, 9.17) is 23.2 Å². The lowest BCUT2D eigenvalue weighted by Gasteiger charge is -2.13. The molecule has 1 heterocycles. The molecule has 1 aromatic carbocycles. The highest BCUT2D eigenvalue weighted by Crippen LogP contribution is 2.22. The first-order chi connectivity index (χ1) is 8.15. The molecular formula is C13H13Cl2NS. The van der Waals surface area contributed by atoms with Crippen molar-refractivity contribution in [3.8, 4) is 0 Å². The number of rotatable bonds is 4. The molecule has 17 heavy (non-hydrogen) atoms. The summed E-state index contributed by atoms with van der Waals surface area (Å²) >= 11 is 13.4. The van der Waals surface area contributed by atoms with Crippen molar-refractivity contribution in [2.24, 2.45) is 0 Å². The Morgan fingerprint density at radius 2 is 1.82 bits per heavy atom. The third-order valence-corrected chi connectivity index (χ3v) is 4.06. The van der Waals surface area contributed by atoms with Crippen LogP contribution in [0.2, 0.25) is 9.36 Å². The van der Waals surface area contributed by atoms with Gasteiger partial charge in [-0.3, -0.25) is 0 Å². The molecule has 0 saturated heterocycles. The standard InChI is InChI=1S/C13H13Cl2NS/c1-9(10-2-4-11(14)5-3-10)16-8-12-6-7-13(15)17-12/h2-7,9,16H,8H2,1H3. The molecule has 0 bridgehead atoms. The van der Waals surface area contributed by atoms with Gasteiger partial charge in [0.05, 0.1) is 4.34 Å². The van der Waals surface area contributed by atoms with Crippen molar-refractivity contribution in [1.29, 1.82) is 0 Å². The lowest BCUT2D eigenvalue weighted by molar-refractivity contribution is 0.579. The van der Waals surface area contributed by atoms with Crippen LogP contribution in [0.4, 0.5) is 0 Å². The van der Waals surface area contributed by atoms with Crippen molar-refractivity contribution < 1.29 is 0 Å². The highest BCUT2D eigenvalue weighted by Gasteiger charge is 2.05. The Bertz CT molecular complexity index is 478. The summed E-state index contributed by atoms with van der Waals surface area (Å²) < 4.78 is 0.834. The topological polar surface area (TPSA) is 12.0 Å². The van der Waals surface area contributed by atoms with Crippen LogP contribution in [-0.2, 0) is 6.54 Å². The maximum Gasteiger partial charge on any atom is 0.0931 e. The van der Waals surface area contributed by atoms with Crippen LogP contribution < -0.4 is 5.32 Å². The summed E-state index contributed by atoms with van der Waals surface area (Å²) in [4.78, 5) is 1.25. The summed E-state index contributed by atoms with van der Waals surface area (Å²) in [5.74, 6) is 0. The highest BCUT2D eigenvalue weighted by atomic mass is 35.5. The van der Waals surface area contributed by atoms with E-state index in [0.29, 0.717) is 6.04 Å². The fourth-order valence-electron chi connectivity index (χ4n) is 1.57. The molecule has 1 nitrogen and oxygen atoms in total. The average molecular weight is 286 g/mol. The normalized spacial score (nSPS) is 12.6. The lowest BCUT2D eigenvalue weighted by atomic mass is 10.1. The zero-order valence-electron chi connectivity index (χ0n) is 9.41. The zero-order chi connectivity index (χ0) is 12.3. The van der Waals surface area contributed by atoms with Gasteiger partial charge in [-0.05, 0) is 36.8 Å². The highest BCUT2D eigenvalue weighted by molar-refractivity contribution is 7.16. The smallest absolute Gasteiger partial charge is 0.0931 e. The Balaban J connectivity index is 1.93. The SMILES string of the molecule is CC(NCc1ccc(Cl)s1)c1ccc(Cl)cc1. The summed E-state index contributed by atoms with van der Waals surface area (Å²) in [6.07, 6.45) is 0. The van der Waals surface area contributed by atoms with E-state index in [1.165, 1.54) is 10.4 Å². The lowest BCUT2D eigenvalue weighted by Crippen LogP contribution is -2.17. The second-order valence-electron chi connectivity index (χ2n) is 3.86. The molecule has 0 aliphatic heterocycles. The van der Waals surface area contributed by atoms with Gasteiger partial charge in [-0.25, -0.2) is 0 Å². The minimum absolute atomic E-state index is 0.299. The summed E-state index contributed by atoms with van der Waals surface area (Å²) in [7, 11) is 0. The van der Waals surface area contributed by atoms with Crippen LogP contribution >= 0.6 is 34.5 Å². The van der Waals surface area contributed by atoms with Gasteiger partial charge in [0.15, 0.2) is 0 Å². The van der Waals surface area contributed by atoms with Crippen LogP contribution in [0.25, 0.3) is 0 Å². The second kappa shape index (κ2) is 5.87. The maximum atomic E-state index is 5.89. The summed E-state index contributed by atoms with van der Waals surface area (Å²) in [5.41, 5.74) is 1.23. The molecule has 90 valence electrons. The molecule has 0 radical (unpaired) electrons. The van der Waals surface area contributed by atoms with E-state index >= 15 is 0 Å². The number of nitrogens with one attached hydrogen (secondary N) is 1. The van der Waals surface area contributed by atoms with E-state index < -0.39 is 0 Å². The molecule has 1 atom stereocenters. The van der Waals surface area contributed by atoms with E-state index in [-0.39, 0.29) is 0 Å². The van der Waals surface area contributed by atoms with E-state index in [2.05, 4.69) is 18.3 Å². The molecular weight excluding hydrogens is 273 g/mol. The molecule has 0 aliphatic carbocycles. The molecule has 0 spiro atoms. The Labute approximate surface area is 115 Å². The van der Waals surface area contributed by atoms with E-state index in [9.17, 15) is 0 Å². The number of halogens is 2. The Hall–Kier alpha value is -0.540. The van der Waals surface area contributed by atoms with Crippen molar-refractivity contribution >= 4 is 34.5 Å². The molecule has 1 N–H and O–H groups in total. The van der Waals surface area contributed by atoms with Crippen LogP contribution in [0, 0.1) is 0 Å². The van der Waals surface area contributed by atoms with E-state index in [1.54, 1.807) is 11.3 Å². The third-order valence-electron chi connectivity index (χ3n) is 2.58. The number of hydrogen-bond donors (Lipinski definition) is 1. The summed E-state index contributed by atoms with van der Waals surface area (Å²) in [6, 6.07) is 12.2. The predicted octanol–water partition coefficient (Wildman–Crippen LogP) is 4.91. The van der Waals surface area contributed by atoms with Gasteiger partial charge in [0.2, 0.25) is 0 Å². The quantitative estimate of drug-likeness (QED) is 0.842. The van der Waals surface area contributed by atoms with Gasteiger partial charge in [-0.15, -0.1) is 11.3 Å². The first-order valence-corrected chi connectivity index (χ1v) is 6.95. The first-order valence-electron chi connectivity index (χ1n) is 5.38. The van der Waals surface area contributed by atoms with E-state index in [1.807, 2.05) is 30.3 Å². The minimum Gasteiger partial charge on any atom is -0.305 e. The van der Waals surface area contributed by atoms with Gasteiger partial charge in [-0.2, -0.15) is 0 Å². The molecule has 1 aromatic heterocycles. The van der Waals surface area contributed by atoms with Crippen molar-refractivity contribution in [2.75, 3.05) is 0 Å². The van der Waals surface area contributed by atoms with Crippen LogP contribution in [0.15, 0.2) is 36.4 Å². The number of hydrogen-bond acceptors (Lipinski definition) is 2. The molecule has 1 unspecified atom stereocenters. The van der Waals surface area contributed by atoms with Gasteiger partial charge >= 0.3 is 0 Å². The zero-order valence-corrected chi connectivity index (χ0v) is 11.7. The monoisotopic (exact) mass is 285 g/mol. The number of benzene rings is 1. The van der Waals surface area contributed by atoms with Gasteiger partial charge < -0.3 is 5.32 Å². The van der Waals surface area contributed by atoms with Crippen molar-refractivity contribution in [1.82, 2.24) is 5.32 Å². The van der Waals surface area contributed by atoms with Crippen LogP contribution in [0.1, 0.15) is 23.4 Å². The summed E-state index contributed by atoms with van der Waals surface area (Å²) in [5, 5.41) is 4.23. The van der Waals surface area contributed by atoms with Gasteiger partial charge in [0.25, 0.3) is 0 Å². The molecule has 0 saturated carbocycles. The molecule has 2 aromatic rings. The number of thiophene rings is 1. The van der Waals surface area contributed by atoms with Gasteiger partial charge in [0, 0.05) is 22.5 Å².